The lowest BCUT2D eigenvalue weighted by Crippen LogP contribution is -2.15. The predicted molar refractivity (Wildman–Crippen MR) is 97.8 cm³/mol. The van der Waals surface area contributed by atoms with E-state index in [1.54, 1.807) is 11.6 Å². The molecule has 1 aromatic heterocycles. The molecule has 0 aliphatic carbocycles. The molecule has 0 radical (unpaired) electrons. The van der Waals surface area contributed by atoms with Gasteiger partial charge in [0.2, 0.25) is 5.91 Å². The van der Waals surface area contributed by atoms with Crippen LogP contribution in [0.5, 0.6) is 0 Å². The minimum atomic E-state index is -4.49. The van der Waals surface area contributed by atoms with Crippen LogP contribution >= 0.6 is 11.8 Å². The fourth-order valence-corrected chi connectivity index (χ4v) is 5.36. The maximum atomic E-state index is 12.7. The maximum absolute atomic E-state index is 12.7. The van der Waals surface area contributed by atoms with Crippen LogP contribution in [0.4, 0.5) is 18.9 Å². The summed E-state index contributed by atoms with van der Waals surface area (Å²) in [5, 5.41) is 10.9. The molecule has 152 valence electrons. The van der Waals surface area contributed by atoms with Crippen LogP contribution in [0.3, 0.4) is 0 Å². The fourth-order valence-electron chi connectivity index (χ4n) is 2.91. The number of thioether (sulfide) groups is 1. The predicted octanol–water partition coefficient (Wildman–Crippen LogP) is 2.47. The van der Waals surface area contributed by atoms with E-state index >= 15 is 0 Å². The number of benzene rings is 1. The van der Waals surface area contributed by atoms with E-state index in [-0.39, 0.29) is 28.9 Å². The largest absolute Gasteiger partial charge is 0.416 e. The van der Waals surface area contributed by atoms with Crippen LogP contribution in [0.1, 0.15) is 23.7 Å². The van der Waals surface area contributed by atoms with Gasteiger partial charge >= 0.3 is 6.18 Å². The zero-order valence-electron chi connectivity index (χ0n) is 14.7. The number of rotatable bonds is 5. The second kappa shape index (κ2) is 7.74. The Morgan fingerprint density at radius 2 is 2.11 bits per heavy atom. The van der Waals surface area contributed by atoms with Crippen molar-refractivity contribution in [2.24, 2.45) is 7.05 Å². The van der Waals surface area contributed by atoms with Gasteiger partial charge in [0, 0.05) is 18.7 Å². The molecule has 2 heterocycles. The Morgan fingerprint density at radius 1 is 1.36 bits per heavy atom. The molecule has 2 aromatic rings. The molecular weight excluding hydrogens is 417 g/mol. The normalized spacial score (nSPS) is 18.9. The highest BCUT2D eigenvalue weighted by Gasteiger charge is 2.33. The standard InChI is InChI=1S/C16H17F3N4O3S2/c1-23-14(10-5-6-28(25,26)9-10)21-22-15(23)27-8-13(24)20-12-4-2-3-11(7-12)16(17,18)19/h2-4,7,10H,5-6,8-9H2,1H3,(H,20,24). The molecule has 0 spiro atoms. The Bertz CT molecular complexity index is 989. The van der Waals surface area contributed by atoms with Crippen molar-refractivity contribution in [3.05, 3.63) is 35.7 Å². The van der Waals surface area contributed by atoms with Gasteiger partial charge in [0.25, 0.3) is 0 Å². The van der Waals surface area contributed by atoms with E-state index in [1.165, 1.54) is 12.1 Å². The summed E-state index contributed by atoms with van der Waals surface area (Å²) in [4.78, 5) is 12.1. The van der Waals surface area contributed by atoms with Crippen LogP contribution in [0.15, 0.2) is 29.4 Å². The van der Waals surface area contributed by atoms with E-state index in [4.69, 9.17) is 0 Å². The number of aromatic nitrogens is 3. The molecule has 7 nitrogen and oxygen atoms in total. The van der Waals surface area contributed by atoms with E-state index in [0.717, 1.165) is 23.9 Å². The summed E-state index contributed by atoms with van der Waals surface area (Å²) < 4.78 is 63.1. The highest BCUT2D eigenvalue weighted by molar-refractivity contribution is 7.99. The number of carbonyl (C=O) groups is 1. The van der Waals surface area contributed by atoms with E-state index in [9.17, 15) is 26.4 Å². The van der Waals surface area contributed by atoms with Gasteiger partial charge in [-0.05, 0) is 24.6 Å². The number of hydrogen-bond acceptors (Lipinski definition) is 6. The summed E-state index contributed by atoms with van der Waals surface area (Å²) in [6, 6.07) is 4.38. The van der Waals surface area contributed by atoms with E-state index in [2.05, 4.69) is 15.5 Å². The summed E-state index contributed by atoms with van der Waals surface area (Å²) in [6.07, 6.45) is -4.01. The Morgan fingerprint density at radius 3 is 2.75 bits per heavy atom. The average Bonchev–Trinajstić information content (AvgIpc) is 3.14. The number of nitrogens with zero attached hydrogens (tertiary/aromatic N) is 3. The summed E-state index contributed by atoms with van der Waals surface area (Å²) >= 11 is 1.07. The average molecular weight is 434 g/mol. The zero-order valence-corrected chi connectivity index (χ0v) is 16.4. The van der Waals surface area contributed by atoms with Gasteiger partial charge in [-0.2, -0.15) is 13.2 Å². The van der Waals surface area contributed by atoms with Crippen molar-refractivity contribution >= 4 is 33.2 Å². The maximum Gasteiger partial charge on any atom is 0.416 e. The number of halogens is 3. The molecule has 1 aromatic carbocycles. The Kier molecular flexibility index (Phi) is 5.71. The molecule has 12 heteroatoms. The Hall–Kier alpha value is -2.08. The molecule has 1 fully saturated rings. The van der Waals surface area contributed by atoms with E-state index < -0.39 is 27.5 Å². The SMILES string of the molecule is Cn1c(SCC(=O)Nc2cccc(C(F)(F)F)c2)nnc1C1CCS(=O)(=O)C1. The second-order valence-corrected chi connectivity index (χ2v) is 9.59. The summed E-state index contributed by atoms with van der Waals surface area (Å²) in [5.74, 6) is -0.105. The van der Waals surface area contributed by atoms with Gasteiger partial charge in [-0.25, -0.2) is 8.42 Å². The summed E-state index contributed by atoms with van der Waals surface area (Å²) in [6.45, 7) is 0. The van der Waals surface area contributed by atoms with Crippen molar-refractivity contribution in [1.29, 1.82) is 0 Å². The minimum absolute atomic E-state index is 0.0275. The number of alkyl halides is 3. The van der Waals surface area contributed by atoms with E-state index in [1.807, 2.05) is 0 Å². The van der Waals surface area contributed by atoms with Crippen molar-refractivity contribution in [2.45, 2.75) is 23.7 Å². The third kappa shape index (κ3) is 4.85. The quantitative estimate of drug-likeness (QED) is 0.727. The van der Waals surface area contributed by atoms with Gasteiger partial charge in [0.1, 0.15) is 5.82 Å². The molecule has 1 unspecified atom stereocenters. The first-order valence-electron chi connectivity index (χ1n) is 8.25. The lowest BCUT2D eigenvalue weighted by Gasteiger charge is -2.10. The van der Waals surface area contributed by atoms with Crippen molar-refractivity contribution < 1.29 is 26.4 Å². The second-order valence-electron chi connectivity index (χ2n) is 6.42. The monoisotopic (exact) mass is 434 g/mol. The third-order valence-electron chi connectivity index (χ3n) is 4.27. The molecule has 1 amide bonds. The Balaban J connectivity index is 1.60. The van der Waals surface area contributed by atoms with Gasteiger partial charge in [0.15, 0.2) is 15.0 Å². The topological polar surface area (TPSA) is 93.9 Å². The number of hydrogen-bond donors (Lipinski definition) is 1. The van der Waals surface area contributed by atoms with Crippen LogP contribution in [-0.4, -0.2) is 46.3 Å². The fraction of sp³-hybridized carbons (Fsp3) is 0.438. The number of nitrogens with one attached hydrogen (secondary N) is 1. The third-order valence-corrected chi connectivity index (χ3v) is 7.06. The molecule has 28 heavy (non-hydrogen) atoms. The number of amides is 1. The summed E-state index contributed by atoms with van der Waals surface area (Å²) in [7, 11) is -1.37. The van der Waals surface area contributed by atoms with Gasteiger partial charge < -0.3 is 9.88 Å². The van der Waals surface area contributed by atoms with Crippen molar-refractivity contribution in [1.82, 2.24) is 14.8 Å². The van der Waals surface area contributed by atoms with Crippen molar-refractivity contribution in [3.8, 4) is 0 Å². The van der Waals surface area contributed by atoms with Crippen LogP contribution in [0.2, 0.25) is 0 Å². The highest BCUT2D eigenvalue weighted by atomic mass is 32.2. The number of anilines is 1. The molecule has 1 aliphatic rings. The smallest absolute Gasteiger partial charge is 0.325 e. The zero-order chi connectivity index (χ0) is 20.5. The van der Waals surface area contributed by atoms with Crippen LogP contribution < -0.4 is 5.32 Å². The number of sulfone groups is 1. The first-order valence-corrected chi connectivity index (χ1v) is 11.1. The minimum Gasteiger partial charge on any atom is -0.325 e. The first-order chi connectivity index (χ1) is 13.0. The van der Waals surface area contributed by atoms with Crippen LogP contribution in [0, 0.1) is 0 Å². The lowest BCUT2D eigenvalue weighted by molar-refractivity contribution is -0.137. The van der Waals surface area contributed by atoms with Gasteiger partial charge in [0.05, 0.1) is 22.8 Å². The van der Waals surface area contributed by atoms with Crippen molar-refractivity contribution in [3.63, 3.8) is 0 Å². The molecule has 1 N–H and O–H groups in total. The van der Waals surface area contributed by atoms with Gasteiger partial charge in [-0.15, -0.1) is 10.2 Å². The molecule has 1 saturated heterocycles. The van der Waals surface area contributed by atoms with Crippen LogP contribution in [0.25, 0.3) is 0 Å². The lowest BCUT2D eigenvalue weighted by atomic mass is 10.1. The molecule has 1 atom stereocenters. The first kappa shape index (κ1) is 20.6. The summed E-state index contributed by atoms with van der Waals surface area (Å²) in [5.41, 5.74) is -0.794. The van der Waals surface area contributed by atoms with Crippen LogP contribution in [-0.2, 0) is 27.9 Å². The number of carbonyl (C=O) groups excluding carboxylic acids is 1. The molecular formula is C16H17F3N4O3S2. The highest BCUT2D eigenvalue weighted by Crippen LogP contribution is 2.31. The van der Waals surface area contributed by atoms with Crippen molar-refractivity contribution in [2.75, 3.05) is 22.6 Å². The van der Waals surface area contributed by atoms with Gasteiger partial charge in [-0.1, -0.05) is 17.8 Å². The molecule has 3 rings (SSSR count). The van der Waals surface area contributed by atoms with E-state index in [0.29, 0.717) is 17.4 Å². The van der Waals surface area contributed by atoms with Gasteiger partial charge in [-0.3, -0.25) is 4.79 Å². The molecule has 0 saturated carbocycles. The Labute approximate surface area is 163 Å². The molecule has 1 aliphatic heterocycles. The molecule has 0 bridgehead atoms.